The van der Waals surface area contributed by atoms with E-state index in [0.29, 0.717) is 0 Å². The van der Waals surface area contributed by atoms with E-state index in [1.54, 1.807) is 7.05 Å². The Morgan fingerprint density at radius 1 is 1.50 bits per heavy atom. The summed E-state index contributed by atoms with van der Waals surface area (Å²) in [6, 6.07) is 5.70. The highest BCUT2D eigenvalue weighted by atomic mass is 16.2. The Morgan fingerprint density at radius 2 is 2.36 bits per heavy atom. The van der Waals surface area contributed by atoms with Gasteiger partial charge in [-0.2, -0.15) is 0 Å². The lowest BCUT2D eigenvalue weighted by Crippen LogP contribution is -2.24. The van der Waals surface area contributed by atoms with E-state index in [1.807, 2.05) is 18.2 Å². The molecule has 0 spiro atoms. The van der Waals surface area contributed by atoms with E-state index in [4.69, 9.17) is 0 Å². The minimum atomic E-state index is -0.176. The number of carbonyl (C=O) groups is 1. The lowest BCUT2D eigenvalue weighted by Gasteiger charge is -2.08. The fourth-order valence-electron chi connectivity index (χ4n) is 1.65. The van der Waals surface area contributed by atoms with Crippen LogP contribution in [0.5, 0.6) is 0 Å². The molecular weight excluding hydrogens is 178 g/mol. The van der Waals surface area contributed by atoms with Crippen LogP contribution in [0, 0.1) is 0 Å². The maximum atomic E-state index is 11.1. The minimum absolute atomic E-state index is 0.176. The van der Waals surface area contributed by atoms with Crippen LogP contribution in [0.3, 0.4) is 0 Å². The molecule has 0 bridgehead atoms. The zero-order chi connectivity index (χ0) is 9.97. The fourth-order valence-corrected chi connectivity index (χ4v) is 1.65. The van der Waals surface area contributed by atoms with Crippen LogP contribution in [0.25, 0.3) is 0 Å². The third kappa shape index (κ3) is 1.51. The van der Waals surface area contributed by atoms with Gasteiger partial charge in [0, 0.05) is 30.5 Å². The average Bonchev–Trinajstić information content (AvgIpc) is 2.66. The molecule has 3 N–H and O–H groups in total. The molecule has 4 nitrogen and oxygen atoms in total. The molecule has 1 aliphatic rings. The van der Waals surface area contributed by atoms with Crippen LogP contribution >= 0.6 is 0 Å². The second-order valence-electron chi connectivity index (χ2n) is 3.21. The largest absolute Gasteiger partial charge is 0.384 e. The maximum Gasteiger partial charge on any atom is 0.318 e. The first-order chi connectivity index (χ1) is 6.81. The van der Waals surface area contributed by atoms with Gasteiger partial charge in [-0.3, -0.25) is 0 Å². The van der Waals surface area contributed by atoms with Crippen molar-refractivity contribution in [2.45, 2.75) is 6.42 Å². The lowest BCUT2D eigenvalue weighted by molar-refractivity contribution is 0.254. The van der Waals surface area contributed by atoms with Crippen molar-refractivity contribution in [2.24, 2.45) is 0 Å². The number of carbonyl (C=O) groups excluding carboxylic acids is 1. The molecule has 1 aromatic rings. The Kier molecular flexibility index (Phi) is 2.26. The Balaban J connectivity index is 2.26. The highest BCUT2D eigenvalue weighted by Crippen LogP contribution is 2.28. The number of hydrogen-bond donors (Lipinski definition) is 3. The van der Waals surface area contributed by atoms with Crippen molar-refractivity contribution >= 4 is 17.4 Å². The predicted molar refractivity (Wildman–Crippen MR) is 56.7 cm³/mol. The van der Waals surface area contributed by atoms with Gasteiger partial charge in [-0.1, -0.05) is 6.07 Å². The molecule has 1 aliphatic heterocycles. The monoisotopic (exact) mass is 191 g/mol. The summed E-state index contributed by atoms with van der Waals surface area (Å²) < 4.78 is 0. The van der Waals surface area contributed by atoms with Crippen molar-refractivity contribution in [3.05, 3.63) is 23.8 Å². The summed E-state index contributed by atoms with van der Waals surface area (Å²) in [6.45, 7) is 0.946. The van der Waals surface area contributed by atoms with E-state index < -0.39 is 0 Å². The van der Waals surface area contributed by atoms with Crippen LogP contribution in [-0.4, -0.2) is 19.6 Å². The third-order valence-corrected chi connectivity index (χ3v) is 2.34. The summed E-state index contributed by atoms with van der Waals surface area (Å²) in [7, 11) is 1.61. The van der Waals surface area contributed by atoms with Gasteiger partial charge >= 0.3 is 6.03 Å². The Hall–Kier alpha value is -1.71. The maximum absolute atomic E-state index is 11.1. The quantitative estimate of drug-likeness (QED) is 0.628. The highest BCUT2D eigenvalue weighted by molar-refractivity contribution is 5.91. The SMILES string of the molecule is CNC(=O)Nc1cccc2c1CCN2. The number of rotatable bonds is 1. The zero-order valence-corrected chi connectivity index (χ0v) is 8.05. The van der Waals surface area contributed by atoms with E-state index in [0.717, 1.165) is 24.3 Å². The van der Waals surface area contributed by atoms with Gasteiger partial charge in [0.1, 0.15) is 0 Å². The molecule has 0 fully saturated rings. The van der Waals surface area contributed by atoms with Crippen molar-refractivity contribution in [3.8, 4) is 0 Å². The first kappa shape index (κ1) is 8.87. The summed E-state index contributed by atoms with van der Waals surface area (Å²) in [5.74, 6) is 0. The van der Waals surface area contributed by atoms with E-state index >= 15 is 0 Å². The van der Waals surface area contributed by atoms with Gasteiger partial charge in [-0.05, 0) is 18.6 Å². The highest BCUT2D eigenvalue weighted by Gasteiger charge is 2.14. The first-order valence-electron chi connectivity index (χ1n) is 4.66. The average molecular weight is 191 g/mol. The van der Waals surface area contributed by atoms with Gasteiger partial charge in [0.05, 0.1) is 0 Å². The Morgan fingerprint density at radius 3 is 3.14 bits per heavy atom. The van der Waals surface area contributed by atoms with E-state index in [9.17, 15) is 4.79 Å². The van der Waals surface area contributed by atoms with Gasteiger partial charge in [0.2, 0.25) is 0 Å². The molecule has 2 rings (SSSR count). The number of anilines is 2. The van der Waals surface area contributed by atoms with E-state index in [2.05, 4.69) is 16.0 Å². The molecule has 0 saturated carbocycles. The summed E-state index contributed by atoms with van der Waals surface area (Å²) in [5.41, 5.74) is 3.21. The van der Waals surface area contributed by atoms with Crippen molar-refractivity contribution in [2.75, 3.05) is 24.2 Å². The lowest BCUT2D eigenvalue weighted by atomic mass is 10.1. The van der Waals surface area contributed by atoms with E-state index in [-0.39, 0.29) is 6.03 Å². The van der Waals surface area contributed by atoms with E-state index in [1.165, 1.54) is 5.56 Å². The van der Waals surface area contributed by atoms with Gasteiger partial charge in [0.15, 0.2) is 0 Å². The molecule has 0 aliphatic carbocycles. The Labute approximate surface area is 82.7 Å². The smallest absolute Gasteiger partial charge is 0.318 e. The van der Waals surface area contributed by atoms with Gasteiger partial charge in [0.25, 0.3) is 0 Å². The second-order valence-corrected chi connectivity index (χ2v) is 3.21. The summed E-state index contributed by atoms with van der Waals surface area (Å²) >= 11 is 0. The summed E-state index contributed by atoms with van der Waals surface area (Å²) in [5, 5.41) is 8.60. The van der Waals surface area contributed by atoms with Crippen LogP contribution in [0.4, 0.5) is 16.2 Å². The van der Waals surface area contributed by atoms with Crippen LogP contribution in [0.1, 0.15) is 5.56 Å². The molecular formula is C10H13N3O. The molecule has 14 heavy (non-hydrogen) atoms. The molecule has 0 radical (unpaired) electrons. The minimum Gasteiger partial charge on any atom is -0.384 e. The standard InChI is InChI=1S/C10H13N3O/c1-11-10(14)13-9-4-2-3-8-7(9)5-6-12-8/h2-4,12H,5-6H2,1H3,(H2,11,13,14). The number of hydrogen-bond acceptors (Lipinski definition) is 2. The Bertz CT molecular complexity index is 362. The number of amides is 2. The second kappa shape index (κ2) is 3.57. The predicted octanol–water partition coefficient (Wildman–Crippen LogP) is 1.41. The molecule has 1 aromatic carbocycles. The zero-order valence-electron chi connectivity index (χ0n) is 8.05. The van der Waals surface area contributed by atoms with Crippen molar-refractivity contribution in [1.82, 2.24) is 5.32 Å². The fraction of sp³-hybridized carbons (Fsp3) is 0.300. The number of nitrogens with one attached hydrogen (secondary N) is 3. The van der Waals surface area contributed by atoms with Crippen LogP contribution in [-0.2, 0) is 6.42 Å². The van der Waals surface area contributed by atoms with Gasteiger partial charge in [-0.15, -0.1) is 0 Å². The van der Waals surface area contributed by atoms with Crippen LogP contribution < -0.4 is 16.0 Å². The summed E-state index contributed by atoms with van der Waals surface area (Å²) in [6.07, 6.45) is 0.968. The van der Waals surface area contributed by atoms with Crippen molar-refractivity contribution in [1.29, 1.82) is 0 Å². The van der Waals surface area contributed by atoms with Crippen molar-refractivity contribution in [3.63, 3.8) is 0 Å². The molecule has 2 amide bonds. The molecule has 4 heteroatoms. The number of benzene rings is 1. The topological polar surface area (TPSA) is 53.2 Å². The third-order valence-electron chi connectivity index (χ3n) is 2.34. The summed E-state index contributed by atoms with van der Waals surface area (Å²) in [4.78, 5) is 11.1. The molecule has 0 atom stereocenters. The first-order valence-corrected chi connectivity index (χ1v) is 4.66. The molecule has 0 saturated heterocycles. The normalized spacial score (nSPS) is 12.9. The van der Waals surface area contributed by atoms with Crippen LogP contribution in [0.2, 0.25) is 0 Å². The molecule has 74 valence electrons. The van der Waals surface area contributed by atoms with Gasteiger partial charge in [-0.25, -0.2) is 4.79 Å². The molecule has 1 heterocycles. The van der Waals surface area contributed by atoms with Crippen LogP contribution in [0.15, 0.2) is 18.2 Å². The molecule has 0 unspecified atom stereocenters. The van der Waals surface area contributed by atoms with Crippen molar-refractivity contribution < 1.29 is 4.79 Å². The molecule has 0 aromatic heterocycles. The number of urea groups is 1. The van der Waals surface area contributed by atoms with Gasteiger partial charge < -0.3 is 16.0 Å². The number of fused-ring (bicyclic) bond motifs is 1.